The third kappa shape index (κ3) is 2.77. The maximum absolute atomic E-state index is 12.2. The van der Waals surface area contributed by atoms with E-state index < -0.39 is 5.97 Å². The van der Waals surface area contributed by atoms with Crippen LogP contribution in [-0.2, 0) is 4.79 Å². The van der Waals surface area contributed by atoms with Gasteiger partial charge in [-0.1, -0.05) is 55.1 Å². The van der Waals surface area contributed by atoms with Crippen LogP contribution in [0.1, 0.15) is 21.5 Å². The molecule has 2 aromatic rings. The Labute approximate surface area is 110 Å². The summed E-state index contributed by atoms with van der Waals surface area (Å²) in [6.07, 6.45) is 0. The van der Waals surface area contributed by atoms with E-state index in [-0.39, 0.29) is 11.4 Å². The molecule has 0 heterocycles. The standard InChI is InChI=1S/C16H12O3/c1-11(16(18)19)13-8-5-9-14(10-13)15(17)12-6-3-2-4-7-12/h2-10H,1H2,(H,18,19). The molecule has 3 nitrogen and oxygen atoms in total. The monoisotopic (exact) mass is 252 g/mol. The second kappa shape index (κ2) is 5.31. The lowest BCUT2D eigenvalue weighted by molar-refractivity contribution is -0.130. The summed E-state index contributed by atoms with van der Waals surface area (Å²) in [5, 5.41) is 8.90. The van der Waals surface area contributed by atoms with Crippen LogP contribution < -0.4 is 0 Å². The normalized spacial score (nSPS) is 9.89. The molecule has 0 unspecified atom stereocenters. The third-order valence-electron chi connectivity index (χ3n) is 2.77. The Morgan fingerprint density at radius 1 is 0.842 bits per heavy atom. The SMILES string of the molecule is C=C(C(=O)O)c1cccc(C(=O)c2ccccc2)c1. The topological polar surface area (TPSA) is 54.4 Å². The van der Waals surface area contributed by atoms with Crippen LogP contribution in [0.2, 0.25) is 0 Å². The molecule has 0 radical (unpaired) electrons. The number of ketones is 1. The fourth-order valence-corrected chi connectivity index (χ4v) is 1.73. The highest BCUT2D eigenvalue weighted by Crippen LogP contribution is 2.17. The van der Waals surface area contributed by atoms with Gasteiger partial charge in [0.25, 0.3) is 0 Å². The number of carbonyl (C=O) groups is 2. The predicted molar refractivity (Wildman–Crippen MR) is 73.0 cm³/mol. The van der Waals surface area contributed by atoms with Crippen LogP contribution in [-0.4, -0.2) is 16.9 Å². The molecular weight excluding hydrogens is 240 g/mol. The second-order valence-electron chi connectivity index (χ2n) is 4.06. The van der Waals surface area contributed by atoms with E-state index >= 15 is 0 Å². The molecule has 3 heteroatoms. The highest BCUT2D eigenvalue weighted by atomic mass is 16.4. The maximum atomic E-state index is 12.2. The summed E-state index contributed by atoms with van der Waals surface area (Å²) in [6.45, 7) is 3.49. The summed E-state index contributed by atoms with van der Waals surface area (Å²) in [6, 6.07) is 15.3. The van der Waals surface area contributed by atoms with Gasteiger partial charge in [-0.05, 0) is 11.6 Å². The fourth-order valence-electron chi connectivity index (χ4n) is 1.73. The molecule has 0 aromatic heterocycles. The minimum atomic E-state index is -1.09. The zero-order chi connectivity index (χ0) is 13.8. The zero-order valence-electron chi connectivity index (χ0n) is 10.2. The molecule has 0 saturated heterocycles. The summed E-state index contributed by atoms with van der Waals surface area (Å²) in [7, 11) is 0. The number of aliphatic carboxylic acids is 1. The van der Waals surface area contributed by atoms with Crippen LogP contribution in [0, 0.1) is 0 Å². The van der Waals surface area contributed by atoms with Crippen molar-refractivity contribution in [3.63, 3.8) is 0 Å². The molecule has 0 bridgehead atoms. The minimum Gasteiger partial charge on any atom is -0.478 e. The van der Waals surface area contributed by atoms with Crippen molar-refractivity contribution in [1.29, 1.82) is 0 Å². The molecule has 0 amide bonds. The van der Waals surface area contributed by atoms with E-state index in [9.17, 15) is 9.59 Å². The first-order valence-electron chi connectivity index (χ1n) is 5.72. The van der Waals surface area contributed by atoms with Gasteiger partial charge in [-0.25, -0.2) is 4.79 Å². The first-order valence-corrected chi connectivity index (χ1v) is 5.72. The Morgan fingerprint density at radius 2 is 1.42 bits per heavy atom. The van der Waals surface area contributed by atoms with Crippen molar-refractivity contribution >= 4 is 17.3 Å². The first-order chi connectivity index (χ1) is 9.09. The largest absolute Gasteiger partial charge is 0.478 e. The van der Waals surface area contributed by atoms with Gasteiger partial charge < -0.3 is 5.11 Å². The molecule has 0 spiro atoms. The van der Waals surface area contributed by atoms with Gasteiger partial charge in [0.2, 0.25) is 0 Å². The van der Waals surface area contributed by atoms with Gasteiger partial charge in [-0.3, -0.25) is 4.79 Å². The smallest absolute Gasteiger partial charge is 0.335 e. The quantitative estimate of drug-likeness (QED) is 0.672. The molecule has 2 aromatic carbocycles. The van der Waals surface area contributed by atoms with E-state index in [4.69, 9.17) is 5.11 Å². The summed E-state index contributed by atoms with van der Waals surface area (Å²) in [5.74, 6) is -1.23. The molecule has 19 heavy (non-hydrogen) atoms. The van der Waals surface area contributed by atoms with Gasteiger partial charge in [0, 0.05) is 11.1 Å². The molecule has 94 valence electrons. The number of benzene rings is 2. The lowest BCUT2D eigenvalue weighted by Gasteiger charge is -2.04. The number of hydrogen-bond donors (Lipinski definition) is 1. The Balaban J connectivity index is 2.37. The van der Waals surface area contributed by atoms with E-state index in [1.807, 2.05) is 6.07 Å². The Bertz CT molecular complexity index is 642. The van der Waals surface area contributed by atoms with Gasteiger partial charge in [-0.2, -0.15) is 0 Å². The highest BCUT2D eigenvalue weighted by molar-refractivity contribution is 6.15. The average Bonchev–Trinajstić information content (AvgIpc) is 2.46. The van der Waals surface area contributed by atoms with Crippen LogP contribution in [0.5, 0.6) is 0 Å². The van der Waals surface area contributed by atoms with Crippen molar-refractivity contribution in [3.05, 3.63) is 77.9 Å². The van der Waals surface area contributed by atoms with Gasteiger partial charge in [0.05, 0.1) is 5.57 Å². The predicted octanol–water partition coefficient (Wildman–Crippen LogP) is 3.02. The van der Waals surface area contributed by atoms with Crippen LogP contribution in [0.15, 0.2) is 61.2 Å². The van der Waals surface area contributed by atoms with E-state index in [2.05, 4.69) is 6.58 Å². The number of carboxylic acids is 1. The molecule has 0 atom stereocenters. The Morgan fingerprint density at radius 3 is 2.05 bits per heavy atom. The number of carboxylic acid groups (broad SMARTS) is 1. The molecule has 1 N–H and O–H groups in total. The average molecular weight is 252 g/mol. The van der Waals surface area contributed by atoms with Crippen LogP contribution in [0.25, 0.3) is 5.57 Å². The summed E-state index contributed by atoms with van der Waals surface area (Å²) in [5.41, 5.74) is 1.43. The van der Waals surface area contributed by atoms with Gasteiger partial charge in [-0.15, -0.1) is 0 Å². The van der Waals surface area contributed by atoms with Crippen LogP contribution in [0.3, 0.4) is 0 Å². The number of hydrogen-bond acceptors (Lipinski definition) is 2. The van der Waals surface area contributed by atoms with Crippen molar-refractivity contribution in [2.45, 2.75) is 0 Å². The molecule has 0 aliphatic heterocycles. The molecule has 0 fully saturated rings. The Kier molecular flexibility index (Phi) is 3.57. The molecule has 0 saturated carbocycles. The second-order valence-corrected chi connectivity index (χ2v) is 4.06. The minimum absolute atomic E-state index is 0.0253. The molecule has 0 aliphatic rings. The zero-order valence-corrected chi connectivity index (χ0v) is 10.2. The van der Waals surface area contributed by atoms with Crippen molar-refractivity contribution in [2.24, 2.45) is 0 Å². The van der Waals surface area contributed by atoms with Crippen LogP contribution >= 0.6 is 0 Å². The van der Waals surface area contributed by atoms with E-state index in [1.165, 1.54) is 0 Å². The van der Waals surface area contributed by atoms with Crippen LogP contribution in [0.4, 0.5) is 0 Å². The van der Waals surface area contributed by atoms with E-state index in [1.54, 1.807) is 48.5 Å². The maximum Gasteiger partial charge on any atom is 0.335 e. The van der Waals surface area contributed by atoms with Crippen molar-refractivity contribution in [2.75, 3.05) is 0 Å². The summed E-state index contributed by atoms with van der Waals surface area (Å²) in [4.78, 5) is 23.1. The van der Waals surface area contributed by atoms with Gasteiger partial charge >= 0.3 is 5.97 Å². The number of carbonyl (C=O) groups excluding carboxylic acids is 1. The Hall–Kier alpha value is -2.68. The summed E-state index contributed by atoms with van der Waals surface area (Å²) < 4.78 is 0. The fraction of sp³-hybridized carbons (Fsp3) is 0. The van der Waals surface area contributed by atoms with Crippen molar-refractivity contribution < 1.29 is 14.7 Å². The van der Waals surface area contributed by atoms with Gasteiger partial charge in [0.15, 0.2) is 5.78 Å². The lowest BCUT2D eigenvalue weighted by Crippen LogP contribution is -2.03. The van der Waals surface area contributed by atoms with E-state index in [0.29, 0.717) is 16.7 Å². The van der Waals surface area contributed by atoms with Crippen molar-refractivity contribution in [3.8, 4) is 0 Å². The molecule has 0 aliphatic carbocycles. The highest BCUT2D eigenvalue weighted by Gasteiger charge is 2.12. The lowest BCUT2D eigenvalue weighted by atomic mass is 9.99. The molecule has 2 rings (SSSR count). The van der Waals surface area contributed by atoms with E-state index in [0.717, 1.165) is 0 Å². The summed E-state index contributed by atoms with van der Waals surface area (Å²) >= 11 is 0. The third-order valence-corrected chi connectivity index (χ3v) is 2.77. The number of rotatable bonds is 4. The van der Waals surface area contributed by atoms with Gasteiger partial charge in [0.1, 0.15) is 0 Å². The first kappa shape index (κ1) is 12.8. The molecular formula is C16H12O3. The van der Waals surface area contributed by atoms with Crippen molar-refractivity contribution in [1.82, 2.24) is 0 Å².